The molecule has 0 unspecified atom stereocenters. The minimum absolute atomic E-state index is 0.640. The van der Waals surface area contributed by atoms with Crippen molar-refractivity contribution in [2.45, 2.75) is 20.4 Å². The van der Waals surface area contributed by atoms with Crippen LogP contribution in [0.15, 0.2) is 168 Å². The highest BCUT2D eigenvalue weighted by molar-refractivity contribution is 6.13. The smallest absolute Gasteiger partial charge is 0.136 e. The van der Waals surface area contributed by atoms with Crippen molar-refractivity contribution in [2.75, 3.05) is 0 Å². The van der Waals surface area contributed by atoms with E-state index in [2.05, 4.69) is 122 Å². The van der Waals surface area contributed by atoms with Gasteiger partial charge in [0, 0.05) is 29.1 Å². The highest BCUT2D eigenvalue weighted by Crippen LogP contribution is 2.36. The maximum Gasteiger partial charge on any atom is 0.136 e. The average Bonchev–Trinajstić information content (AvgIpc) is 3.54. The van der Waals surface area contributed by atoms with Gasteiger partial charge >= 0.3 is 0 Å². The van der Waals surface area contributed by atoms with Crippen molar-refractivity contribution in [1.82, 2.24) is 0 Å². The van der Waals surface area contributed by atoms with E-state index in [1.807, 2.05) is 61.5 Å². The predicted molar refractivity (Wildman–Crippen MR) is 210 cm³/mol. The van der Waals surface area contributed by atoms with E-state index in [1.165, 1.54) is 44.8 Å². The Hall–Kier alpha value is -6.03. The molecule has 0 aliphatic rings. The molecule has 0 aliphatic carbocycles. The number of fused-ring (bicyclic) bond motifs is 4. The van der Waals surface area contributed by atoms with Crippen LogP contribution in [0.3, 0.4) is 0 Å². The third-order valence-corrected chi connectivity index (χ3v) is 8.46. The van der Waals surface area contributed by atoms with Crippen LogP contribution in [0.1, 0.15) is 29.2 Å². The van der Waals surface area contributed by atoms with E-state index in [9.17, 15) is 0 Å². The number of rotatable bonds is 5. The number of nitrogens with two attached hydrogens (primary N) is 1. The minimum atomic E-state index is 0.640. The molecule has 0 saturated carbocycles. The molecule has 0 spiro atoms. The Balaban J connectivity index is 0.000000189. The van der Waals surface area contributed by atoms with Crippen LogP contribution in [0, 0.1) is 12.3 Å². The average molecular weight is 637 g/mol. The fourth-order valence-electron chi connectivity index (χ4n) is 6.08. The summed E-state index contributed by atoms with van der Waals surface area (Å²) in [5.74, 6) is 0. The van der Waals surface area contributed by atoms with E-state index in [1.54, 1.807) is 0 Å². The maximum absolute atomic E-state index is 7.78. The summed E-state index contributed by atoms with van der Waals surface area (Å²) in [6, 6.07) is 54.3. The Labute approximate surface area is 288 Å². The second-order valence-electron chi connectivity index (χ2n) is 11.9. The number of allylic oxidation sites excluding steroid dienone is 1. The van der Waals surface area contributed by atoms with E-state index in [0.717, 1.165) is 38.6 Å². The molecule has 0 atom stereocenters. The van der Waals surface area contributed by atoms with Gasteiger partial charge in [0.25, 0.3) is 0 Å². The second-order valence-corrected chi connectivity index (χ2v) is 11.9. The van der Waals surface area contributed by atoms with Crippen molar-refractivity contribution >= 4 is 45.0 Å². The Morgan fingerprint density at radius 3 is 2.10 bits per heavy atom. The molecule has 0 fully saturated rings. The largest absolute Gasteiger partial charge is 0.456 e. The summed E-state index contributed by atoms with van der Waals surface area (Å²) in [6.07, 6.45) is 5.55. The van der Waals surface area contributed by atoms with Gasteiger partial charge < -0.3 is 15.6 Å². The Kier molecular flexibility index (Phi) is 10.5. The lowest BCUT2D eigenvalue weighted by atomic mass is 9.94. The normalized spacial score (nSPS) is 10.8. The summed E-state index contributed by atoms with van der Waals surface area (Å²) < 4.78 is 6.02. The zero-order chi connectivity index (χ0) is 34.0. The standard InChI is InChI=1S/C29H19NO.C10H12.C7H9N/c30-18-23-10-5-13-28-29(23)26-17-21(14-15-27(26)31-28)20-8-3-9-22(16-20)25-12-4-7-19-6-1-2-11-24(19)25;1-3-5-10-7-4-6-9(2)8-10;8-6-7-4-2-1-3-5-7/h1-18,30H;3-8H,1-2H3;1-5H,6,8H2/b;5-3+;. The fraction of sp³-hybridized carbons (Fsp3) is 0.0652. The molecule has 0 aliphatic heterocycles. The zero-order valence-electron chi connectivity index (χ0n) is 27.9. The lowest BCUT2D eigenvalue weighted by Gasteiger charge is -2.09. The van der Waals surface area contributed by atoms with E-state index in [0.29, 0.717) is 6.54 Å². The van der Waals surface area contributed by atoms with Gasteiger partial charge in [0.05, 0.1) is 0 Å². The van der Waals surface area contributed by atoms with Crippen LogP contribution in [0.5, 0.6) is 0 Å². The van der Waals surface area contributed by atoms with Gasteiger partial charge in [-0.15, -0.1) is 0 Å². The highest BCUT2D eigenvalue weighted by atomic mass is 16.3. The number of aryl methyl sites for hydroxylation is 1. The first-order valence-corrected chi connectivity index (χ1v) is 16.6. The third-order valence-electron chi connectivity index (χ3n) is 8.46. The summed E-state index contributed by atoms with van der Waals surface area (Å²) in [6.45, 7) is 4.77. The molecule has 1 aromatic heterocycles. The first-order chi connectivity index (χ1) is 24.1. The van der Waals surface area contributed by atoms with Crippen molar-refractivity contribution in [3.05, 3.63) is 186 Å². The molecule has 1 heterocycles. The van der Waals surface area contributed by atoms with Crippen molar-refractivity contribution < 1.29 is 4.42 Å². The summed E-state index contributed by atoms with van der Waals surface area (Å²) in [5.41, 5.74) is 16.4. The molecule has 0 amide bonds. The van der Waals surface area contributed by atoms with Crippen LogP contribution < -0.4 is 5.73 Å². The number of hydrogen-bond acceptors (Lipinski definition) is 3. The lowest BCUT2D eigenvalue weighted by molar-refractivity contribution is 0.669. The first kappa shape index (κ1) is 32.9. The molecule has 0 radical (unpaired) electrons. The second kappa shape index (κ2) is 15.7. The monoisotopic (exact) mass is 636 g/mol. The Morgan fingerprint density at radius 2 is 1.33 bits per heavy atom. The molecule has 49 heavy (non-hydrogen) atoms. The maximum atomic E-state index is 7.78. The molecule has 0 saturated heterocycles. The van der Waals surface area contributed by atoms with Crippen molar-refractivity contribution in [3.63, 3.8) is 0 Å². The van der Waals surface area contributed by atoms with Crippen molar-refractivity contribution in [3.8, 4) is 22.3 Å². The minimum Gasteiger partial charge on any atom is -0.456 e. The van der Waals surface area contributed by atoms with Gasteiger partial charge in [-0.3, -0.25) is 0 Å². The van der Waals surface area contributed by atoms with Crippen LogP contribution in [-0.4, -0.2) is 6.21 Å². The van der Waals surface area contributed by atoms with E-state index >= 15 is 0 Å². The lowest BCUT2D eigenvalue weighted by Crippen LogP contribution is -1.94. The molecule has 240 valence electrons. The van der Waals surface area contributed by atoms with Gasteiger partial charge in [-0.2, -0.15) is 0 Å². The molecule has 7 aromatic carbocycles. The van der Waals surface area contributed by atoms with Gasteiger partial charge in [-0.25, -0.2) is 0 Å². The molecule has 8 rings (SSSR count). The Morgan fingerprint density at radius 1 is 0.612 bits per heavy atom. The molecule has 3 heteroatoms. The highest BCUT2D eigenvalue weighted by Gasteiger charge is 2.12. The van der Waals surface area contributed by atoms with Gasteiger partial charge in [0.15, 0.2) is 0 Å². The number of hydrogen-bond donors (Lipinski definition) is 2. The number of benzene rings is 7. The predicted octanol–water partition coefficient (Wildman–Crippen LogP) is 12.2. The van der Waals surface area contributed by atoms with Crippen LogP contribution in [0.25, 0.3) is 61.0 Å². The Bertz CT molecular complexity index is 2360. The summed E-state index contributed by atoms with van der Waals surface area (Å²) in [7, 11) is 0. The zero-order valence-corrected chi connectivity index (χ0v) is 27.9. The summed E-state index contributed by atoms with van der Waals surface area (Å²) >= 11 is 0. The van der Waals surface area contributed by atoms with Crippen LogP contribution in [-0.2, 0) is 6.54 Å². The molecule has 8 aromatic rings. The number of nitrogens with one attached hydrogen (secondary N) is 1. The van der Waals surface area contributed by atoms with E-state index in [-0.39, 0.29) is 0 Å². The van der Waals surface area contributed by atoms with Gasteiger partial charge in [0.2, 0.25) is 0 Å². The molecular weight excluding hydrogens is 597 g/mol. The van der Waals surface area contributed by atoms with Gasteiger partial charge in [-0.05, 0) is 82.3 Å². The quantitative estimate of drug-likeness (QED) is 0.185. The van der Waals surface area contributed by atoms with Crippen LogP contribution in [0.4, 0.5) is 0 Å². The summed E-state index contributed by atoms with van der Waals surface area (Å²) in [4.78, 5) is 0. The molecule has 3 N–H and O–H groups in total. The third kappa shape index (κ3) is 7.76. The molecule has 0 bridgehead atoms. The molecule has 3 nitrogen and oxygen atoms in total. The number of furan rings is 1. The fourth-order valence-corrected chi connectivity index (χ4v) is 6.08. The van der Waals surface area contributed by atoms with E-state index in [4.69, 9.17) is 15.6 Å². The van der Waals surface area contributed by atoms with Gasteiger partial charge in [0.1, 0.15) is 11.2 Å². The van der Waals surface area contributed by atoms with Crippen molar-refractivity contribution in [1.29, 1.82) is 5.41 Å². The van der Waals surface area contributed by atoms with Gasteiger partial charge in [-0.1, -0.05) is 151 Å². The summed E-state index contributed by atoms with van der Waals surface area (Å²) in [5, 5.41) is 12.3. The first-order valence-electron chi connectivity index (χ1n) is 16.6. The van der Waals surface area contributed by atoms with E-state index < -0.39 is 0 Å². The van der Waals surface area contributed by atoms with Crippen molar-refractivity contribution in [2.24, 2.45) is 5.73 Å². The molecular formula is C46H40N2O. The van der Waals surface area contributed by atoms with Crippen LogP contribution >= 0.6 is 0 Å². The topological polar surface area (TPSA) is 63.0 Å². The SMILES string of the molecule is C/C=C/c1cccc(C)c1.N=Cc1cccc2oc3ccc(-c4cccc(-c5cccc6ccccc56)c4)cc3c12.NCc1ccccc1. The van der Waals surface area contributed by atoms with Crippen LogP contribution in [0.2, 0.25) is 0 Å².